The molecule has 0 radical (unpaired) electrons. The number of ether oxygens (including phenoxy) is 2. The molecule has 0 spiro atoms. The van der Waals surface area contributed by atoms with Crippen LogP contribution in [0.25, 0.3) is 0 Å². The second kappa shape index (κ2) is 9.42. The fourth-order valence-corrected chi connectivity index (χ4v) is 3.55. The first-order valence-corrected chi connectivity index (χ1v) is 9.49. The molecule has 0 atom stereocenters. The Hall–Kier alpha value is -2.53. The summed E-state index contributed by atoms with van der Waals surface area (Å²) in [6.07, 6.45) is 2.23. The third kappa shape index (κ3) is 4.80. The Morgan fingerprint density at radius 3 is 2.11 bits per heavy atom. The van der Waals surface area contributed by atoms with Crippen LogP contribution < -0.4 is 9.47 Å². The lowest BCUT2D eigenvalue weighted by atomic mass is 10.1. The van der Waals surface area contributed by atoms with Gasteiger partial charge < -0.3 is 14.4 Å². The fraction of sp³-hybridized carbons (Fsp3) is 0.409. The van der Waals surface area contributed by atoms with Gasteiger partial charge in [-0.1, -0.05) is 36.4 Å². The average molecular weight is 368 g/mol. The van der Waals surface area contributed by atoms with Crippen LogP contribution in [0, 0.1) is 0 Å². The summed E-state index contributed by atoms with van der Waals surface area (Å²) < 4.78 is 10.8. The number of hydrogen-bond donors (Lipinski definition) is 0. The van der Waals surface area contributed by atoms with Crippen molar-refractivity contribution in [2.75, 3.05) is 46.9 Å². The van der Waals surface area contributed by atoms with Crippen molar-refractivity contribution in [2.24, 2.45) is 0 Å². The second-order valence-corrected chi connectivity index (χ2v) is 6.76. The molecule has 0 N–H and O–H groups in total. The molecule has 0 saturated carbocycles. The number of carbonyl (C=O) groups excluding carboxylic acids is 1. The monoisotopic (exact) mass is 368 g/mol. The van der Waals surface area contributed by atoms with Gasteiger partial charge in [-0.15, -0.1) is 0 Å². The van der Waals surface area contributed by atoms with E-state index in [2.05, 4.69) is 35.2 Å². The number of methoxy groups -OCH3 is 2. The van der Waals surface area contributed by atoms with Crippen molar-refractivity contribution in [1.29, 1.82) is 0 Å². The third-order valence-corrected chi connectivity index (χ3v) is 5.08. The standard InChI is InChI=1S/C22H28N2O3/c1-26-19-11-6-12-20(27-2)21(19)22(25)24-16-14-23(15-17-24)13-7-10-18-8-4-3-5-9-18/h3-6,8-9,11-12H,7,10,13-17H2,1-2H3. The Labute approximate surface area is 161 Å². The van der Waals surface area contributed by atoms with Crippen molar-refractivity contribution in [3.8, 4) is 11.5 Å². The number of nitrogens with zero attached hydrogens (tertiary/aromatic N) is 2. The van der Waals surface area contributed by atoms with E-state index in [1.807, 2.05) is 11.0 Å². The summed E-state index contributed by atoms with van der Waals surface area (Å²) in [5.41, 5.74) is 1.90. The Morgan fingerprint density at radius 1 is 0.889 bits per heavy atom. The molecule has 1 aliphatic heterocycles. The highest BCUT2D eigenvalue weighted by atomic mass is 16.5. The summed E-state index contributed by atoms with van der Waals surface area (Å²) >= 11 is 0. The molecule has 0 unspecified atom stereocenters. The number of aryl methyl sites for hydroxylation is 1. The molecule has 0 aromatic heterocycles. The second-order valence-electron chi connectivity index (χ2n) is 6.76. The van der Waals surface area contributed by atoms with Gasteiger partial charge in [-0.3, -0.25) is 9.69 Å². The minimum atomic E-state index is -0.0202. The Bertz CT molecular complexity index is 718. The molecular formula is C22H28N2O3. The number of carbonyl (C=O) groups is 1. The minimum absolute atomic E-state index is 0.0202. The van der Waals surface area contributed by atoms with E-state index < -0.39 is 0 Å². The number of hydrogen-bond acceptors (Lipinski definition) is 4. The lowest BCUT2D eigenvalue weighted by Gasteiger charge is -2.35. The van der Waals surface area contributed by atoms with Crippen LogP contribution >= 0.6 is 0 Å². The van der Waals surface area contributed by atoms with Gasteiger partial charge in [0.05, 0.1) is 14.2 Å². The summed E-state index contributed by atoms with van der Waals surface area (Å²) in [4.78, 5) is 17.3. The maximum atomic E-state index is 13.0. The van der Waals surface area contributed by atoms with E-state index in [0.29, 0.717) is 17.1 Å². The zero-order valence-electron chi connectivity index (χ0n) is 16.2. The van der Waals surface area contributed by atoms with Gasteiger partial charge >= 0.3 is 0 Å². The fourth-order valence-electron chi connectivity index (χ4n) is 3.55. The van der Waals surface area contributed by atoms with E-state index in [4.69, 9.17) is 9.47 Å². The maximum absolute atomic E-state index is 13.0. The van der Waals surface area contributed by atoms with Crippen LogP contribution in [0.2, 0.25) is 0 Å². The van der Waals surface area contributed by atoms with Crippen molar-refractivity contribution in [1.82, 2.24) is 9.80 Å². The van der Waals surface area contributed by atoms with Gasteiger partial charge in [-0.05, 0) is 37.1 Å². The van der Waals surface area contributed by atoms with Gasteiger partial charge in [-0.2, -0.15) is 0 Å². The number of piperazine rings is 1. The summed E-state index contributed by atoms with van der Waals surface area (Å²) in [5, 5.41) is 0. The molecule has 1 amide bonds. The van der Waals surface area contributed by atoms with E-state index in [9.17, 15) is 4.79 Å². The van der Waals surface area contributed by atoms with E-state index >= 15 is 0 Å². The zero-order chi connectivity index (χ0) is 19.1. The van der Waals surface area contributed by atoms with E-state index in [1.54, 1.807) is 26.4 Å². The highest BCUT2D eigenvalue weighted by Crippen LogP contribution is 2.29. The molecule has 1 saturated heterocycles. The quantitative estimate of drug-likeness (QED) is 0.753. The first-order valence-electron chi connectivity index (χ1n) is 9.49. The Morgan fingerprint density at radius 2 is 1.52 bits per heavy atom. The first kappa shape index (κ1) is 19.2. The van der Waals surface area contributed by atoms with Crippen LogP contribution in [0.15, 0.2) is 48.5 Å². The normalized spacial score (nSPS) is 14.8. The van der Waals surface area contributed by atoms with Crippen LogP contribution in [0.4, 0.5) is 0 Å². The molecule has 27 heavy (non-hydrogen) atoms. The number of amides is 1. The highest BCUT2D eigenvalue weighted by Gasteiger charge is 2.26. The van der Waals surface area contributed by atoms with Gasteiger partial charge in [-0.25, -0.2) is 0 Å². The van der Waals surface area contributed by atoms with Crippen molar-refractivity contribution < 1.29 is 14.3 Å². The lowest BCUT2D eigenvalue weighted by Crippen LogP contribution is -2.49. The topological polar surface area (TPSA) is 42.0 Å². The molecule has 3 rings (SSSR count). The van der Waals surface area contributed by atoms with Crippen molar-refractivity contribution in [3.63, 3.8) is 0 Å². The molecular weight excluding hydrogens is 340 g/mol. The van der Waals surface area contributed by atoms with E-state index in [1.165, 1.54) is 5.56 Å². The van der Waals surface area contributed by atoms with Gasteiger partial charge in [0.25, 0.3) is 5.91 Å². The molecule has 5 nitrogen and oxygen atoms in total. The van der Waals surface area contributed by atoms with Crippen LogP contribution in [-0.4, -0.2) is 62.7 Å². The first-order chi connectivity index (χ1) is 13.2. The van der Waals surface area contributed by atoms with E-state index in [-0.39, 0.29) is 5.91 Å². The van der Waals surface area contributed by atoms with Gasteiger partial charge in [0.1, 0.15) is 17.1 Å². The predicted octanol–water partition coefficient (Wildman–Crippen LogP) is 3.09. The molecule has 144 valence electrons. The van der Waals surface area contributed by atoms with Gasteiger partial charge in [0, 0.05) is 26.2 Å². The summed E-state index contributed by atoms with van der Waals surface area (Å²) in [6.45, 7) is 4.32. The van der Waals surface area contributed by atoms with Crippen molar-refractivity contribution in [3.05, 3.63) is 59.7 Å². The molecule has 0 aliphatic carbocycles. The van der Waals surface area contributed by atoms with Crippen LogP contribution in [0.5, 0.6) is 11.5 Å². The zero-order valence-corrected chi connectivity index (χ0v) is 16.2. The smallest absolute Gasteiger partial charge is 0.261 e. The molecule has 5 heteroatoms. The molecule has 2 aromatic rings. The van der Waals surface area contributed by atoms with Crippen LogP contribution in [-0.2, 0) is 6.42 Å². The largest absolute Gasteiger partial charge is 0.496 e. The average Bonchev–Trinajstić information content (AvgIpc) is 2.74. The van der Waals surface area contributed by atoms with E-state index in [0.717, 1.165) is 45.6 Å². The Kier molecular flexibility index (Phi) is 6.71. The summed E-state index contributed by atoms with van der Waals surface area (Å²) in [7, 11) is 3.16. The summed E-state index contributed by atoms with van der Waals surface area (Å²) in [5.74, 6) is 1.10. The van der Waals surface area contributed by atoms with Gasteiger partial charge in [0.15, 0.2) is 0 Å². The van der Waals surface area contributed by atoms with Crippen molar-refractivity contribution in [2.45, 2.75) is 12.8 Å². The van der Waals surface area contributed by atoms with Crippen LogP contribution in [0.1, 0.15) is 22.3 Å². The molecule has 2 aromatic carbocycles. The Balaban J connectivity index is 1.52. The van der Waals surface area contributed by atoms with Gasteiger partial charge in [0.2, 0.25) is 0 Å². The number of benzene rings is 2. The van der Waals surface area contributed by atoms with Crippen LogP contribution in [0.3, 0.4) is 0 Å². The molecule has 1 heterocycles. The highest BCUT2D eigenvalue weighted by molar-refractivity contribution is 5.99. The SMILES string of the molecule is COc1cccc(OC)c1C(=O)N1CCN(CCCc2ccccc2)CC1. The molecule has 0 bridgehead atoms. The van der Waals surface area contributed by atoms with Crippen molar-refractivity contribution >= 4 is 5.91 Å². The molecule has 1 aliphatic rings. The maximum Gasteiger partial charge on any atom is 0.261 e. The molecule has 1 fully saturated rings. The number of rotatable bonds is 7. The lowest BCUT2D eigenvalue weighted by molar-refractivity contribution is 0.0629. The third-order valence-electron chi connectivity index (χ3n) is 5.08. The summed E-state index contributed by atoms with van der Waals surface area (Å²) in [6, 6.07) is 16.0. The minimum Gasteiger partial charge on any atom is -0.496 e. The predicted molar refractivity (Wildman–Crippen MR) is 107 cm³/mol.